The number of carbonyl (C=O) groups excluding carboxylic acids is 1. The van der Waals surface area contributed by atoms with Gasteiger partial charge in [0, 0.05) is 31.1 Å². The minimum atomic E-state index is 0.334. The summed E-state index contributed by atoms with van der Waals surface area (Å²) in [7, 11) is 0. The molecule has 4 heteroatoms. The van der Waals surface area contributed by atoms with Crippen molar-refractivity contribution in [3.8, 4) is 0 Å². The van der Waals surface area contributed by atoms with E-state index in [-0.39, 0.29) is 0 Å². The average molecular weight is 311 g/mol. The van der Waals surface area contributed by atoms with E-state index in [4.69, 9.17) is 0 Å². The average Bonchev–Trinajstić information content (AvgIpc) is 2.48. The maximum absolute atomic E-state index is 12.8. The lowest BCUT2D eigenvalue weighted by molar-refractivity contribution is -0.160. The predicted molar refractivity (Wildman–Crippen MR) is 89.3 cm³/mol. The van der Waals surface area contributed by atoms with Gasteiger partial charge in [0.15, 0.2) is 0 Å². The van der Waals surface area contributed by atoms with Crippen LogP contribution in [0.15, 0.2) is 0 Å². The van der Waals surface area contributed by atoms with Gasteiger partial charge in [0.25, 0.3) is 0 Å². The molecule has 3 unspecified atom stereocenters. The van der Waals surface area contributed by atoms with Crippen LogP contribution in [0.1, 0.15) is 52.9 Å². The number of carbonyl (C=O) groups is 1. The molecule has 3 atom stereocenters. The fourth-order valence-corrected chi connectivity index (χ4v) is 5.23. The third-order valence-corrected chi connectivity index (χ3v) is 6.88. The second-order valence-corrected chi connectivity index (χ2v) is 8.85. The monoisotopic (exact) mass is 310 g/mol. The van der Waals surface area contributed by atoms with E-state index in [0.717, 1.165) is 31.8 Å². The van der Waals surface area contributed by atoms with E-state index >= 15 is 0 Å². The first-order valence-corrected chi connectivity index (χ1v) is 9.82. The Bertz CT molecular complexity index is 369. The van der Waals surface area contributed by atoms with Crippen LogP contribution in [-0.2, 0) is 4.79 Å². The summed E-state index contributed by atoms with van der Waals surface area (Å²) >= 11 is 2.02. The summed E-state index contributed by atoms with van der Waals surface area (Å²) in [5, 5.41) is 0.605. The third kappa shape index (κ3) is 3.12. The molecule has 0 aromatic heterocycles. The van der Waals surface area contributed by atoms with Crippen LogP contribution in [-0.4, -0.2) is 52.0 Å². The number of amides is 1. The van der Waals surface area contributed by atoms with Crippen LogP contribution in [0.2, 0.25) is 0 Å². The number of fused-ring (bicyclic) bond motifs is 2. The van der Waals surface area contributed by atoms with Crippen molar-refractivity contribution in [3.05, 3.63) is 0 Å². The van der Waals surface area contributed by atoms with Crippen molar-refractivity contribution in [2.24, 2.45) is 11.8 Å². The number of hydrogen-bond donors (Lipinski definition) is 0. The maximum atomic E-state index is 12.8. The Balaban J connectivity index is 1.54. The number of rotatable bonds is 4. The molecular formula is C17H30N2OS. The zero-order chi connectivity index (χ0) is 15.0. The van der Waals surface area contributed by atoms with E-state index in [1.807, 2.05) is 11.8 Å². The van der Waals surface area contributed by atoms with Crippen molar-refractivity contribution < 1.29 is 4.79 Å². The number of piperazine rings is 1. The van der Waals surface area contributed by atoms with E-state index in [9.17, 15) is 4.79 Å². The normalized spacial score (nSPS) is 38.0. The molecule has 0 spiro atoms. The number of piperidine rings is 1. The number of nitrogens with zero attached hydrogens (tertiary/aromatic N) is 2. The SMILES string of the molecule is CCSC(C)N1CC2CC(C1)N2C(=O)C1CCC(C)CC1. The van der Waals surface area contributed by atoms with Gasteiger partial charge in [-0.3, -0.25) is 9.69 Å². The molecule has 120 valence electrons. The molecule has 1 saturated carbocycles. The van der Waals surface area contributed by atoms with E-state index in [0.29, 0.717) is 29.3 Å². The molecule has 4 aliphatic rings. The van der Waals surface area contributed by atoms with E-state index in [1.165, 1.54) is 25.0 Å². The summed E-state index contributed by atoms with van der Waals surface area (Å²) in [5.41, 5.74) is 0. The minimum Gasteiger partial charge on any atom is -0.334 e. The molecule has 3 nitrogen and oxygen atoms in total. The molecular weight excluding hydrogens is 280 g/mol. The van der Waals surface area contributed by atoms with Crippen molar-refractivity contribution in [2.75, 3.05) is 18.8 Å². The van der Waals surface area contributed by atoms with Crippen LogP contribution >= 0.6 is 11.8 Å². The van der Waals surface area contributed by atoms with Crippen LogP contribution < -0.4 is 0 Å². The zero-order valence-corrected chi connectivity index (χ0v) is 14.6. The molecule has 4 fully saturated rings. The number of hydrogen-bond acceptors (Lipinski definition) is 3. The van der Waals surface area contributed by atoms with Crippen LogP contribution in [0.5, 0.6) is 0 Å². The molecule has 0 aromatic carbocycles. The number of thioether (sulfide) groups is 1. The molecule has 1 amide bonds. The first-order chi connectivity index (χ1) is 10.1. The standard InChI is InChI=1S/C17H30N2OS/c1-4-21-13(3)18-10-15-9-16(11-18)19(15)17(20)14-7-5-12(2)6-8-14/h12-16H,4-11H2,1-3H3. The van der Waals surface area contributed by atoms with Crippen molar-refractivity contribution in [1.82, 2.24) is 9.80 Å². The molecule has 0 radical (unpaired) electrons. The largest absolute Gasteiger partial charge is 0.334 e. The fraction of sp³-hybridized carbons (Fsp3) is 0.941. The van der Waals surface area contributed by atoms with Gasteiger partial charge in [0.1, 0.15) is 0 Å². The second kappa shape index (κ2) is 6.49. The fourth-order valence-electron chi connectivity index (χ4n) is 4.36. The van der Waals surface area contributed by atoms with E-state index in [2.05, 4.69) is 30.6 Å². The third-order valence-electron chi connectivity index (χ3n) is 5.76. The molecule has 0 N–H and O–H groups in total. The maximum Gasteiger partial charge on any atom is 0.226 e. The topological polar surface area (TPSA) is 23.6 Å². The lowest BCUT2D eigenvalue weighted by atomic mass is 9.79. The van der Waals surface area contributed by atoms with Crippen molar-refractivity contribution in [1.29, 1.82) is 0 Å². The van der Waals surface area contributed by atoms with E-state index in [1.54, 1.807) is 0 Å². The summed E-state index contributed by atoms with van der Waals surface area (Å²) in [4.78, 5) is 17.7. The molecule has 3 aliphatic heterocycles. The smallest absolute Gasteiger partial charge is 0.226 e. The molecule has 21 heavy (non-hydrogen) atoms. The minimum absolute atomic E-state index is 0.334. The zero-order valence-electron chi connectivity index (χ0n) is 13.8. The lowest BCUT2D eigenvalue weighted by Gasteiger charge is -2.58. The van der Waals surface area contributed by atoms with Gasteiger partial charge in [0.2, 0.25) is 5.91 Å². The molecule has 1 aliphatic carbocycles. The van der Waals surface area contributed by atoms with Gasteiger partial charge < -0.3 is 4.90 Å². The lowest BCUT2D eigenvalue weighted by Crippen LogP contribution is -2.71. The highest BCUT2D eigenvalue weighted by Crippen LogP contribution is 2.38. The first kappa shape index (κ1) is 15.7. The Labute approximate surface area is 133 Å². The van der Waals surface area contributed by atoms with Gasteiger partial charge in [0.05, 0.1) is 5.37 Å². The summed E-state index contributed by atoms with van der Waals surface area (Å²) in [6.07, 6.45) is 5.99. The van der Waals surface area contributed by atoms with Crippen molar-refractivity contribution in [2.45, 2.75) is 70.3 Å². The predicted octanol–water partition coefficient (Wildman–Crippen LogP) is 3.20. The molecule has 3 heterocycles. The van der Waals surface area contributed by atoms with Crippen molar-refractivity contribution in [3.63, 3.8) is 0 Å². The van der Waals surface area contributed by atoms with Crippen LogP contribution in [0, 0.1) is 11.8 Å². The van der Waals surface area contributed by atoms with Crippen LogP contribution in [0.4, 0.5) is 0 Å². The molecule has 0 aromatic rings. The van der Waals surface area contributed by atoms with Crippen molar-refractivity contribution >= 4 is 17.7 Å². The highest BCUT2D eigenvalue weighted by Gasteiger charge is 2.49. The van der Waals surface area contributed by atoms with Gasteiger partial charge >= 0.3 is 0 Å². The van der Waals surface area contributed by atoms with Gasteiger partial charge in [-0.15, -0.1) is 11.8 Å². The Morgan fingerprint density at radius 2 is 1.81 bits per heavy atom. The van der Waals surface area contributed by atoms with E-state index < -0.39 is 0 Å². The highest BCUT2D eigenvalue weighted by atomic mass is 32.2. The molecule has 2 bridgehead atoms. The van der Waals surface area contributed by atoms with Gasteiger partial charge in [-0.2, -0.15) is 0 Å². The Kier molecular flexibility index (Phi) is 4.84. The highest BCUT2D eigenvalue weighted by molar-refractivity contribution is 7.99. The second-order valence-electron chi connectivity index (χ2n) is 7.25. The van der Waals surface area contributed by atoms with Crippen LogP contribution in [0.3, 0.4) is 0 Å². The summed E-state index contributed by atoms with van der Waals surface area (Å²) in [6.45, 7) is 9.06. The van der Waals surface area contributed by atoms with Gasteiger partial charge in [-0.1, -0.05) is 13.8 Å². The van der Waals surface area contributed by atoms with Gasteiger partial charge in [-0.05, 0) is 50.7 Å². The Morgan fingerprint density at radius 1 is 1.19 bits per heavy atom. The first-order valence-electron chi connectivity index (χ1n) is 8.78. The molecule has 4 rings (SSSR count). The summed E-state index contributed by atoms with van der Waals surface area (Å²) in [6, 6.07) is 1.02. The Morgan fingerprint density at radius 3 is 2.38 bits per heavy atom. The van der Waals surface area contributed by atoms with Crippen LogP contribution in [0.25, 0.3) is 0 Å². The molecule has 3 saturated heterocycles. The summed E-state index contributed by atoms with van der Waals surface area (Å²) in [5.74, 6) is 2.82. The van der Waals surface area contributed by atoms with Gasteiger partial charge in [-0.25, -0.2) is 0 Å². The Hall–Kier alpha value is -0.220. The summed E-state index contributed by atoms with van der Waals surface area (Å²) < 4.78 is 0. The quantitative estimate of drug-likeness (QED) is 0.797.